The van der Waals surface area contributed by atoms with Gasteiger partial charge < -0.3 is 28.4 Å². The summed E-state index contributed by atoms with van der Waals surface area (Å²) in [7, 11) is 2.75. The van der Waals surface area contributed by atoms with Gasteiger partial charge in [0.1, 0.15) is 0 Å². The highest BCUT2D eigenvalue weighted by molar-refractivity contribution is 7.07. The molecule has 0 unspecified atom stereocenters. The third-order valence-electron chi connectivity index (χ3n) is 6.16. The van der Waals surface area contributed by atoms with E-state index in [0.29, 0.717) is 50.9 Å². The van der Waals surface area contributed by atoms with E-state index in [0.717, 1.165) is 11.3 Å². The second kappa shape index (κ2) is 13.9. The first-order valence-corrected chi connectivity index (χ1v) is 14.1. The number of para-hydroxylation sites is 1. The Balaban J connectivity index is 1.86. The number of rotatable bonds is 12. The minimum atomic E-state index is -0.837. The first kappa shape index (κ1) is 30.4. The summed E-state index contributed by atoms with van der Waals surface area (Å²) >= 11 is 1.14. The maximum absolute atomic E-state index is 14.0. The number of hydrogen-bond acceptors (Lipinski definition) is 11. The maximum atomic E-state index is 14.0. The van der Waals surface area contributed by atoms with E-state index in [1.54, 1.807) is 49.4 Å². The van der Waals surface area contributed by atoms with Gasteiger partial charge in [0.05, 0.1) is 50.2 Å². The fraction of sp³-hybridized carbons (Fsp3) is 0.333. The molecule has 12 heteroatoms. The number of thiazole rings is 1. The number of carbonyl (C=O) groups is 2. The molecule has 222 valence electrons. The number of esters is 2. The van der Waals surface area contributed by atoms with E-state index in [-0.39, 0.29) is 30.1 Å². The Labute approximate surface area is 246 Å². The predicted molar refractivity (Wildman–Crippen MR) is 155 cm³/mol. The molecule has 0 saturated carbocycles. The van der Waals surface area contributed by atoms with E-state index in [9.17, 15) is 14.4 Å². The predicted octanol–water partition coefficient (Wildman–Crippen LogP) is 2.77. The van der Waals surface area contributed by atoms with Crippen LogP contribution in [0.15, 0.2) is 58.0 Å². The smallest absolute Gasteiger partial charge is 0.344 e. The van der Waals surface area contributed by atoms with Crippen LogP contribution in [0.3, 0.4) is 0 Å². The second-order valence-corrected chi connectivity index (χ2v) is 9.73. The SMILES string of the molecule is CCOC(=O)COc1c(/C=c2/sc3n(c2=O)[C@@H](c2ccc(OCC)c(OCC)c2)C(C(=O)OC)=CN=3)cccc1OC. The molecule has 1 aliphatic heterocycles. The molecule has 0 aliphatic carbocycles. The van der Waals surface area contributed by atoms with E-state index in [1.165, 1.54) is 25.0 Å². The van der Waals surface area contributed by atoms with Crippen LogP contribution in [0.5, 0.6) is 23.0 Å². The largest absolute Gasteiger partial charge is 0.493 e. The molecule has 4 rings (SSSR count). The van der Waals surface area contributed by atoms with Crippen LogP contribution < -0.4 is 33.8 Å². The standard InChI is InChI=1S/C30H32N2O9S/c1-6-38-21-13-12-18(14-23(21)39-7-2)26-20(29(35)37-5)16-31-30-32(26)28(34)24(42-30)15-19-10-9-11-22(36-4)27(19)41-17-25(33)40-8-3/h9-16,26H,6-8,17H2,1-5H3/b24-15+/t26-/m0/s1. The molecule has 1 aromatic heterocycles. The highest BCUT2D eigenvalue weighted by Crippen LogP contribution is 2.35. The lowest BCUT2D eigenvalue weighted by Crippen LogP contribution is -2.39. The van der Waals surface area contributed by atoms with Gasteiger partial charge in [0, 0.05) is 11.8 Å². The van der Waals surface area contributed by atoms with Gasteiger partial charge in [-0.05, 0) is 50.6 Å². The molecule has 0 radical (unpaired) electrons. The summed E-state index contributed by atoms with van der Waals surface area (Å²) in [4.78, 5) is 43.5. The summed E-state index contributed by atoms with van der Waals surface area (Å²) in [6.45, 7) is 6.15. The quantitative estimate of drug-likeness (QED) is 0.290. The molecule has 0 N–H and O–H groups in total. The number of nitrogens with zero attached hydrogens (tertiary/aromatic N) is 2. The van der Waals surface area contributed by atoms with Crippen molar-refractivity contribution in [1.82, 2.24) is 4.57 Å². The summed E-state index contributed by atoms with van der Waals surface area (Å²) in [5, 5.41) is 0. The van der Waals surface area contributed by atoms with Crippen LogP contribution >= 0.6 is 11.3 Å². The molecule has 0 amide bonds. The van der Waals surface area contributed by atoms with E-state index in [1.807, 2.05) is 13.8 Å². The van der Waals surface area contributed by atoms with Gasteiger partial charge in [0.15, 0.2) is 34.4 Å². The van der Waals surface area contributed by atoms with Crippen molar-refractivity contribution in [2.45, 2.75) is 26.8 Å². The van der Waals surface area contributed by atoms with Gasteiger partial charge in [-0.25, -0.2) is 14.6 Å². The lowest BCUT2D eigenvalue weighted by atomic mass is 9.97. The van der Waals surface area contributed by atoms with Crippen molar-refractivity contribution in [3.05, 3.63) is 79.0 Å². The fourth-order valence-electron chi connectivity index (χ4n) is 4.42. The molecule has 2 aromatic carbocycles. The second-order valence-electron chi connectivity index (χ2n) is 8.72. The molecule has 3 aromatic rings. The number of hydrogen-bond donors (Lipinski definition) is 0. The molecular weight excluding hydrogens is 564 g/mol. The zero-order valence-corrected chi connectivity index (χ0v) is 24.8. The number of aromatic nitrogens is 1. The molecule has 0 spiro atoms. The third kappa shape index (κ3) is 6.33. The molecule has 1 atom stereocenters. The van der Waals surface area contributed by atoms with Crippen molar-refractivity contribution in [3.63, 3.8) is 0 Å². The highest BCUT2D eigenvalue weighted by atomic mass is 32.1. The van der Waals surface area contributed by atoms with Crippen LogP contribution in [-0.2, 0) is 19.1 Å². The number of ether oxygens (including phenoxy) is 6. The van der Waals surface area contributed by atoms with Crippen molar-refractivity contribution in [1.29, 1.82) is 0 Å². The highest BCUT2D eigenvalue weighted by Gasteiger charge is 2.31. The Hall–Kier alpha value is -4.58. The zero-order chi connectivity index (χ0) is 30.2. The Bertz CT molecular complexity index is 1670. The molecular formula is C30H32N2O9S. The van der Waals surface area contributed by atoms with Crippen LogP contribution in [0.25, 0.3) is 6.08 Å². The van der Waals surface area contributed by atoms with Gasteiger partial charge in [-0.2, -0.15) is 0 Å². The van der Waals surface area contributed by atoms with Gasteiger partial charge >= 0.3 is 11.9 Å². The topological polar surface area (TPSA) is 124 Å². The summed E-state index contributed by atoms with van der Waals surface area (Å²) in [6.07, 6.45) is 3.05. The minimum absolute atomic E-state index is 0.183. The molecule has 0 fully saturated rings. The number of benzene rings is 2. The van der Waals surface area contributed by atoms with Crippen LogP contribution in [0.2, 0.25) is 0 Å². The Kier molecular flexibility index (Phi) is 10.0. The van der Waals surface area contributed by atoms with Gasteiger partial charge in [0.2, 0.25) is 0 Å². The maximum Gasteiger partial charge on any atom is 0.344 e. The monoisotopic (exact) mass is 596 g/mol. The molecule has 11 nitrogen and oxygen atoms in total. The molecule has 1 aliphatic rings. The van der Waals surface area contributed by atoms with Crippen molar-refractivity contribution in [2.24, 2.45) is 4.99 Å². The average Bonchev–Trinajstić information content (AvgIpc) is 3.31. The molecule has 0 saturated heterocycles. The van der Waals surface area contributed by atoms with Crippen molar-refractivity contribution in [3.8, 4) is 23.0 Å². The normalized spacial score (nSPS) is 14.3. The van der Waals surface area contributed by atoms with E-state index < -0.39 is 18.0 Å². The Morgan fingerprint density at radius 1 is 0.976 bits per heavy atom. The van der Waals surface area contributed by atoms with Crippen molar-refractivity contribution >= 4 is 29.4 Å². The molecule has 42 heavy (non-hydrogen) atoms. The first-order chi connectivity index (χ1) is 20.4. The summed E-state index contributed by atoms with van der Waals surface area (Å²) in [6, 6.07) is 9.60. The van der Waals surface area contributed by atoms with Crippen LogP contribution in [0.4, 0.5) is 0 Å². The fourth-order valence-corrected chi connectivity index (χ4v) is 5.38. The van der Waals surface area contributed by atoms with E-state index in [2.05, 4.69) is 4.99 Å². The third-order valence-corrected chi connectivity index (χ3v) is 7.16. The number of fused-ring (bicyclic) bond motifs is 1. The summed E-state index contributed by atoms with van der Waals surface area (Å²) in [5.74, 6) is 0.536. The van der Waals surface area contributed by atoms with Crippen molar-refractivity contribution < 1.29 is 38.0 Å². The lowest BCUT2D eigenvalue weighted by molar-refractivity contribution is -0.145. The number of methoxy groups -OCH3 is 2. The number of carbonyl (C=O) groups excluding carboxylic acids is 2. The van der Waals surface area contributed by atoms with Gasteiger partial charge in [0.25, 0.3) is 5.56 Å². The summed E-state index contributed by atoms with van der Waals surface area (Å²) in [5.41, 5.74) is 0.917. The Morgan fingerprint density at radius 2 is 1.74 bits per heavy atom. The van der Waals surface area contributed by atoms with Crippen LogP contribution in [-0.4, -0.2) is 57.2 Å². The molecule has 2 heterocycles. The molecule has 0 bridgehead atoms. The van der Waals surface area contributed by atoms with Gasteiger partial charge in [-0.1, -0.05) is 29.5 Å². The van der Waals surface area contributed by atoms with Gasteiger partial charge in [-0.3, -0.25) is 9.36 Å². The zero-order valence-electron chi connectivity index (χ0n) is 24.0. The van der Waals surface area contributed by atoms with Crippen LogP contribution in [0.1, 0.15) is 37.9 Å². The van der Waals surface area contributed by atoms with E-state index in [4.69, 9.17) is 28.4 Å². The van der Waals surface area contributed by atoms with E-state index >= 15 is 0 Å². The van der Waals surface area contributed by atoms with Crippen LogP contribution in [0, 0.1) is 0 Å². The Morgan fingerprint density at radius 3 is 2.43 bits per heavy atom. The first-order valence-electron chi connectivity index (χ1n) is 13.3. The minimum Gasteiger partial charge on any atom is -0.493 e. The lowest BCUT2D eigenvalue weighted by Gasteiger charge is -2.23. The average molecular weight is 597 g/mol. The van der Waals surface area contributed by atoms with Crippen molar-refractivity contribution in [2.75, 3.05) is 40.6 Å². The summed E-state index contributed by atoms with van der Waals surface area (Å²) < 4.78 is 34.5. The van der Waals surface area contributed by atoms with Gasteiger partial charge in [-0.15, -0.1) is 0 Å².